The first-order valence-electron chi connectivity index (χ1n) is 6.96. The number of amides is 1. The molecule has 21 heavy (non-hydrogen) atoms. The number of nitrogens with zero attached hydrogens (tertiary/aromatic N) is 1. The van der Waals surface area contributed by atoms with E-state index < -0.39 is 5.82 Å². The molecule has 2 aromatic rings. The van der Waals surface area contributed by atoms with Crippen molar-refractivity contribution < 1.29 is 14.3 Å². The van der Waals surface area contributed by atoms with E-state index >= 15 is 0 Å². The average molecular weight is 310 g/mol. The summed E-state index contributed by atoms with van der Waals surface area (Å²) in [5, 5.41) is 9.41. The average Bonchev–Trinajstić information content (AvgIpc) is 2.81. The second-order valence-corrected chi connectivity index (χ2v) is 5.88. The first-order chi connectivity index (χ1) is 10.1. The summed E-state index contributed by atoms with van der Waals surface area (Å²) in [6.45, 7) is 2.75. The largest absolute Gasteiger partial charge is 0.397 e. The molecule has 0 bridgehead atoms. The summed E-state index contributed by atoms with van der Waals surface area (Å²) in [4.78, 5) is 14.5. The van der Waals surface area contributed by atoms with E-state index in [0.29, 0.717) is 21.5 Å². The van der Waals surface area contributed by atoms with Crippen LogP contribution in [0.3, 0.4) is 0 Å². The van der Waals surface area contributed by atoms with E-state index in [2.05, 4.69) is 0 Å². The van der Waals surface area contributed by atoms with E-state index in [9.17, 15) is 9.18 Å². The minimum atomic E-state index is -0.414. The van der Waals surface area contributed by atoms with Crippen molar-refractivity contribution in [2.75, 3.05) is 25.4 Å². The minimum Gasteiger partial charge on any atom is -0.397 e. The smallest absolute Gasteiger partial charge is 0.266 e. The number of carbonyl (C=O) groups excluding carboxylic acids is 1. The maximum atomic E-state index is 13.8. The number of benzene rings is 1. The summed E-state index contributed by atoms with van der Waals surface area (Å²) in [6.07, 6.45) is 1.80. The number of fused-ring (bicyclic) bond motifs is 1. The van der Waals surface area contributed by atoms with Crippen LogP contribution in [0.4, 0.5) is 10.1 Å². The number of carbonyl (C=O) groups is 1. The van der Waals surface area contributed by atoms with Crippen LogP contribution in [-0.2, 0) is 0 Å². The first kappa shape index (κ1) is 15.7. The summed E-state index contributed by atoms with van der Waals surface area (Å²) in [6, 6.07) is 4.69. The van der Waals surface area contributed by atoms with Crippen LogP contribution in [0.1, 0.15) is 29.4 Å². The molecule has 2 rings (SSSR count). The van der Waals surface area contributed by atoms with Crippen LogP contribution in [-0.4, -0.2) is 35.6 Å². The van der Waals surface area contributed by atoms with Gasteiger partial charge in [-0.15, -0.1) is 11.3 Å². The SMILES string of the molecule is CCCCN(CCO)C(=O)c1sc2cccc(F)c2c1N. The summed E-state index contributed by atoms with van der Waals surface area (Å²) in [7, 11) is 0. The second kappa shape index (κ2) is 6.87. The van der Waals surface area contributed by atoms with Gasteiger partial charge in [0, 0.05) is 17.8 Å². The van der Waals surface area contributed by atoms with Crippen molar-refractivity contribution in [1.29, 1.82) is 0 Å². The highest BCUT2D eigenvalue weighted by molar-refractivity contribution is 7.21. The Hall–Kier alpha value is -1.66. The maximum Gasteiger partial charge on any atom is 0.266 e. The third-order valence-corrected chi connectivity index (χ3v) is 4.49. The van der Waals surface area contributed by atoms with E-state index in [1.165, 1.54) is 17.4 Å². The summed E-state index contributed by atoms with van der Waals surface area (Å²) >= 11 is 1.20. The van der Waals surface area contributed by atoms with Crippen molar-refractivity contribution in [3.63, 3.8) is 0 Å². The lowest BCUT2D eigenvalue weighted by Crippen LogP contribution is -2.34. The molecule has 0 aliphatic carbocycles. The topological polar surface area (TPSA) is 66.6 Å². The molecule has 0 aliphatic rings. The predicted octanol–water partition coefficient (Wildman–Crippen LogP) is 2.86. The van der Waals surface area contributed by atoms with E-state index in [0.717, 1.165) is 12.8 Å². The van der Waals surface area contributed by atoms with Gasteiger partial charge in [0.1, 0.15) is 10.7 Å². The zero-order valence-electron chi connectivity index (χ0n) is 11.9. The van der Waals surface area contributed by atoms with E-state index in [1.807, 2.05) is 6.92 Å². The summed E-state index contributed by atoms with van der Waals surface area (Å²) < 4.78 is 14.5. The fourth-order valence-corrected chi connectivity index (χ4v) is 3.32. The quantitative estimate of drug-likeness (QED) is 0.862. The van der Waals surface area contributed by atoms with Crippen LogP contribution in [0.5, 0.6) is 0 Å². The lowest BCUT2D eigenvalue weighted by Gasteiger charge is -2.21. The van der Waals surface area contributed by atoms with E-state index in [1.54, 1.807) is 17.0 Å². The standard InChI is InChI=1S/C15H19FN2O2S/c1-2-3-7-18(8-9-19)15(20)14-13(17)12-10(16)5-4-6-11(12)21-14/h4-6,19H,2-3,7-9,17H2,1H3. The van der Waals surface area contributed by atoms with Gasteiger partial charge in [0.2, 0.25) is 0 Å². The molecule has 1 aromatic carbocycles. The first-order valence-corrected chi connectivity index (χ1v) is 7.78. The Kier molecular flexibility index (Phi) is 5.14. The molecule has 0 saturated heterocycles. The van der Waals surface area contributed by atoms with Crippen LogP contribution in [0, 0.1) is 5.82 Å². The number of rotatable bonds is 6. The zero-order valence-corrected chi connectivity index (χ0v) is 12.8. The number of aliphatic hydroxyl groups is 1. The van der Waals surface area contributed by atoms with E-state index in [4.69, 9.17) is 10.8 Å². The molecule has 114 valence electrons. The number of aliphatic hydroxyl groups excluding tert-OH is 1. The van der Waals surface area contributed by atoms with Crippen molar-refractivity contribution >= 4 is 33.0 Å². The normalized spacial score (nSPS) is 11.0. The molecule has 0 aliphatic heterocycles. The van der Waals surface area contributed by atoms with Crippen molar-refractivity contribution in [2.45, 2.75) is 19.8 Å². The van der Waals surface area contributed by atoms with Gasteiger partial charge in [0.05, 0.1) is 17.7 Å². The predicted molar refractivity (Wildman–Crippen MR) is 84.1 cm³/mol. The highest BCUT2D eigenvalue weighted by Crippen LogP contribution is 2.36. The van der Waals surface area contributed by atoms with Crippen molar-refractivity contribution in [3.05, 3.63) is 28.9 Å². The Labute approximate surface area is 127 Å². The second-order valence-electron chi connectivity index (χ2n) is 4.83. The zero-order chi connectivity index (χ0) is 15.4. The molecule has 0 radical (unpaired) electrons. The third-order valence-electron chi connectivity index (χ3n) is 3.33. The lowest BCUT2D eigenvalue weighted by atomic mass is 10.2. The molecule has 0 atom stereocenters. The highest BCUT2D eigenvalue weighted by atomic mass is 32.1. The monoisotopic (exact) mass is 310 g/mol. The number of hydrogen-bond donors (Lipinski definition) is 2. The number of thiophene rings is 1. The van der Waals surface area contributed by atoms with Crippen LogP contribution >= 0.6 is 11.3 Å². The van der Waals surface area contributed by atoms with Crippen molar-refractivity contribution in [1.82, 2.24) is 4.90 Å². The molecule has 1 heterocycles. The fraction of sp³-hybridized carbons (Fsp3) is 0.400. The molecule has 0 saturated carbocycles. The van der Waals surface area contributed by atoms with Crippen molar-refractivity contribution in [2.24, 2.45) is 0 Å². The summed E-state index contributed by atoms with van der Waals surface area (Å²) in [5.41, 5.74) is 6.16. The molecule has 6 heteroatoms. The van der Waals surface area contributed by atoms with Gasteiger partial charge in [-0.25, -0.2) is 4.39 Å². The van der Waals surface area contributed by atoms with Gasteiger partial charge in [-0.3, -0.25) is 4.79 Å². The Morgan fingerprint density at radius 2 is 2.19 bits per heavy atom. The van der Waals surface area contributed by atoms with Gasteiger partial charge in [-0.2, -0.15) is 0 Å². The Balaban J connectivity index is 2.37. The molecule has 0 fully saturated rings. The van der Waals surface area contributed by atoms with Crippen molar-refractivity contribution in [3.8, 4) is 0 Å². The lowest BCUT2D eigenvalue weighted by molar-refractivity contribution is 0.0725. The summed E-state index contributed by atoms with van der Waals surface area (Å²) in [5.74, 6) is -0.654. The van der Waals surface area contributed by atoms with Crippen LogP contribution in [0.2, 0.25) is 0 Å². The molecule has 3 N–H and O–H groups in total. The molecule has 1 amide bonds. The number of unbranched alkanes of at least 4 members (excludes halogenated alkanes) is 1. The Morgan fingerprint density at radius 3 is 2.81 bits per heavy atom. The maximum absolute atomic E-state index is 13.8. The van der Waals surface area contributed by atoms with Gasteiger partial charge in [-0.05, 0) is 18.6 Å². The Morgan fingerprint density at radius 1 is 1.43 bits per heavy atom. The van der Waals surface area contributed by atoms with Gasteiger partial charge >= 0.3 is 0 Å². The Bertz CT molecular complexity index is 642. The minimum absolute atomic E-state index is 0.103. The molecular weight excluding hydrogens is 291 g/mol. The van der Waals surface area contributed by atoms with Crippen LogP contribution in [0.25, 0.3) is 10.1 Å². The third kappa shape index (κ3) is 3.16. The van der Waals surface area contributed by atoms with Gasteiger partial charge in [-0.1, -0.05) is 19.4 Å². The van der Waals surface area contributed by atoms with Gasteiger partial charge < -0.3 is 15.7 Å². The fourth-order valence-electron chi connectivity index (χ4n) is 2.22. The number of anilines is 1. The number of nitrogens with two attached hydrogens (primary N) is 1. The van der Waals surface area contributed by atoms with Crippen LogP contribution in [0.15, 0.2) is 18.2 Å². The molecule has 0 unspecified atom stereocenters. The number of nitrogen functional groups attached to an aromatic ring is 1. The number of halogens is 1. The van der Waals surface area contributed by atoms with Gasteiger partial charge in [0.25, 0.3) is 5.91 Å². The van der Waals surface area contributed by atoms with E-state index in [-0.39, 0.29) is 24.7 Å². The van der Waals surface area contributed by atoms with Crippen LogP contribution < -0.4 is 5.73 Å². The van der Waals surface area contributed by atoms with Gasteiger partial charge in [0.15, 0.2) is 0 Å². The molecule has 0 spiro atoms. The molecule has 1 aromatic heterocycles. The highest BCUT2D eigenvalue weighted by Gasteiger charge is 2.22. The molecule has 4 nitrogen and oxygen atoms in total. The molecular formula is C15H19FN2O2S. The number of hydrogen-bond acceptors (Lipinski definition) is 4.